The van der Waals surface area contributed by atoms with Gasteiger partial charge in [-0.25, -0.2) is 9.97 Å². The van der Waals surface area contributed by atoms with Crippen molar-refractivity contribution in [2.75, 3.05) is 0 Å². The van der Waals surface area contributed by atoms with Gasteiger partial charge in [0.2, 0.25) is 0 Å². The molecule has 80 valence electrons. The van der Waals surface area contributed by atoms with E-state index in [0.29, 0.717) is 0 Å². The molecule has 0 bridgehead atoms. The van der Waals surface area contributed by atoms with Crippen molar-refractivity contribution in [3.05, 3.63) is 24.3 Å². The number of aliphatic carboxylic acids is 1. The summed E-state index contributed by atoms with van der Waals surface area (Å²) in [6.07, 6.45) is 2.64. The third kappa shape index (κ3) is 2.59. The van der Waals surface area contributed by atoms with Gasteiger partial charge in [0, 0.05) is 6.20 Å². The predicted molar refractivity (Wildman–Crippen MR) is 52.3 cm³/mol. The largest absolute Gasteiger partial charge is 0.481 e. The van der Waals surface area contributed by atoms with Gasteiger partial charge in [-0.3, -0.25) is 9.59 Å². The Kier molecular flexibility index (Phi) is 3.49. The van der Waals surface area contributed by atoms with Crippen molar-refractivity contribution in [2.24, 2.45) is 11.8 Å². The van der Waals surface area contributed by atoms with Crippen molar-refractivity contribution >= 4 is 11.8 Å². The Balaban J connectivity index is 2.97. The summed E-state index contributed by atoms with van der Waals surface area (Å²) in [5.74, 6) is -2.89. The van der Waals surface area contributed by atoms with Gasteiger partial charge in [0.05, 0.1) is 0 Å². The molecule has 0 aliphatic rings. The maximum Gasteiger partial charge on any atom is 0.314 e. The van der Waals surface area contributed by atoms with E-state index in [1.54, 1.807) is 13.8 Å². The number of ketones is 1. The molecule has 1 unspecified atom stereocenters. The first-order chi connectivity index (χ1) is 7.04. The zero-order chi connectivity index (χ0) is 11.4. The van der Waals surface area contributed by atoms with E-state index in [0.717, 1.165) is 0 Å². The third-order valence-electron chi connectivity index (χ3n) is 2.05. The van der Waals surface area contributed by atoms with E-state index in [-0.39, 0.29) is 11.6 Å². The molecule has 0 saturated carbocycles. The molecule has 1 aromatic heterocycles. The van der Waals surface area contributed by atoms with Crippen LogP contribution in [0.5, 0.6) is 0 Å². The van der Waals surface area contributed by atoms with Gasteiger partial charge >= 0.3 is 5.97 Å². The molecule has 0 amide bonds. The molecule has 0 aromatic carbocycles. The first kappa shape index (κ1) is 11.3. The van der Waals surface area contributed by atoms with E-state index >= 15 is 0 Å². The molecule has 5 nitrogen and oxygen atoms in total. The molecule has 1 N–H and O–H groups in total. The van der Waals surface area contributed by atoms with Crippen molar-refractivity contribution in [1.82, 2.24) is 9.97 Å². The Labute approximate surface area is 87.2 Å². The lowest BCUT2D eigenvalue weighted by Gasteiger charge is -2.13. The zero-order valence-corrected chi connectivity index (χ0v) is 8.54. The fourth-order valence-electron chi connectivity index (χ4n) is 1.30. The first-order valence-electron chi connectivity index (χ1n) is 4.57. The number of nitrogens with zero attached hydrogens (tertiary/aromatic N) is 2. The monoisotopic (exact) mass is 208 g/mol. The van der Waals surface area contributed by atoms with Crippen LogP contribution in [-0.2, 0) is 4.79 Å². The van der Waals surface area contributed by atoms with E-state index in [2.05, 4.69) is 9.97 Å². The van der Waals surface area contributed by atoms with Crippen LogP contribution in [0.25, 0.3) is 0 Å². The summed E-state index contributed by atoms with van der Waals surface area (Å²) in [6.45, 7) is 3.38. The van der Waals surface area contributed by atoms with Crippen molar-refractivity contribution in [2.45, 2.75) is 13.8 Å². The molecule has 1 atom stereocenters. The van der Waals surface area contributed by atoms with Gasteiger partial charge in [0.1, 0.15) is 17.9 Å². The summed E-state index contributed by atoms with van der Waals surface area (Å²) in [5.41, 5.74) is 0.145. The fraction of sp³-hybridized carbons (Fsp3) is 0.400. The standard InChI is InChI=1S/C10H12N2O3/c1-6(2)8(10(14)15)9(13)7-3-4-11-5-12-7/h3-6,8H,1-2H3,(H,14,15). The number of hydrogen-bond donors (Lipinski definition) is 1. The number of hydrogen-bond acceptors (Lipinski definition) is 4. The van der Waals surface area contributed by atoms with Crippen LogP contribution >= 0.6 is 0 Å². The van der Waals surface area contributed by atoms with Crippen molar-refractivity contribution in [1.29, 1.82) is 0 Å². The SMILES string of the molecule is CC(C)C(C(=O)O)C(=O)c1ccncn1. The van der Waals surface area contributed by atoms with E-state index in [4.69, 9.17) is 5.11 Å². The summed E-state index contributed by atoms with van der Waals surface area (Å²) in [4.78, 5) is 30.1. The van der Waals surface area contributed by atoms with Crippen LogP contribution in [0.15, 0.2) is 18.6 Å². The summed E-state index contributed by atoms with van der Waals surface area (Å²) in [7, 11) is 0. The zero-order valence-electron chi connectivity index (χ0n) is 8.54. The smallest absolute Gasteiger partial charge is 0.314 e. The lowest BCUT2D eigenvalue weighted by atomic mass is 9.90. The van der Waals surface area contributed by atoms with Crippen molar-refractivity contribution < 1.29 is 14.7 Å². The molecule has 0 radical (unpaired) electrons. The lowest BCUT2D eigenvalue weighted by Crippen LogP contribution is -2.29. The number of carbonyl (C=O) groups excluding carboxylic acids is 1. The Morgan fingerprint density at radius 1 is 1.40 bits per heavy atom. The minimum Gasteiger partial charge on any atom is -0.481 e. The van der Waals surface area contributed by atoms with Crippen LogP contribution in [0.3, 0.4) is 0 Å². The normalized spacial score (nSPS) is 12.5. The Morgan fingerprint density at radius 3 is 2.47 bits per heavy atom. The average Bonchev–Trinajstić information content (AvgIpc) is 2.18. The van der Waals surface area contributed by atoms with E-state index in [1.807, 2.05) is 0 Å². The number of carbonyl (C=O) groups is 2. The van der Waals surface area contributed by atoms with Crippen LogP contribution in [0.4, 0.5) is 0 Å². The molecule has 0 aliphatic carbocycles. The van der Waals surface area contributed by atoms with Gasteiger partial charge in [0.15, 0.2) is 5.78 Å². The van der Waals surface area contributed by atoms with Crippen molar-refractivity contribution in [3.63, 3.8) is 0 Å². The second kappa shape index (κ2) is 4.63. The Hall–Kier alpha value is -1.78. The van der Waals surface area contributed by atoms with Gasteiger partial charge in [-0.05, 0) is 12.0 Å². The molecular weight excluding hydrogens is 196 g/mol. The Morgan fingerprint density at radius 2 is 2.07 bits per heavy atom. The number of rotatable bonds is 4. The van der Waals surface area contributed by atoms with Crippen LogP contribution in [0, 0.1) is 11.8 Å². The second-order valence-corrected chi connectivity index (χ2v) is 3.52. The quantitative estimate of drug-likeness (QED) is 0.590. The molecule has 0 fully saturated rings. The van der Waals surface area contributed by atoms with Gasteiger partial charge in [-0.15, -0.1) is 0 Å². The summed E-state index contributed by atoms with van der Waals surface area (Å²) in [5, 5.41) is 8.91. The molecule has 0 aliphatic heterocycles. The van der Waals surface area contributed by atoms with Gasteiger partial charge in [0.25, 0.3) is 0 Å². The van der Waals surface area contributed by atoms with E-state index in [9.17, 15) is 9.59 Å². The molecule has 1 aromatic rings. The number of carboxylic acids is 1. The number of carboxylic acid groups (broad SMARTS) is 1. The topological polar surface area (TPSA) is 80.1 Å². The summed E-state index contributed by atoms with van der Waals surface area (Å²) >= 11 is 0. The number of aromatic nitrogens is 2. The summed E-state index contributed by atoms with van der Waals surface area (Å²) < 4.78 is 0. The molecule has 1 heterocycles. The maximum atomic E-state index is 11.8. The predicted octanol–water partition coefficient (Wildman–Crippen LogP) is 1.02. The molecular formula is C10H12N2O3. The molecule has 5 heteroatoms. The number of Topliss-reactive ketones (excluding diaryl/α,β-unsaturated/α-hetero) is 1. The molecule has 1 rings (SSSR count). The lowest BCUT2D eigenvalue weighted by molar-refractivity contribution is -0.141. The van der Waals surface area contributed by atoms with E-state index in [1.165, 1.54) is 18.6 Å². The van der Waals surface area contributed by atoms with Crippen LogP contribution in [0.2, 0.25) is 0 Å². The van der Waals surface area contributed by atoms with Crippen LogP contribution in [0.1, 0.15) is 24.3 Å². The first-order valence-corrected chi connectivity index (χ1v) is 4.57. The summed E-state index contributed by atoms with van der Waals surface area (Å²) in [6, 6.07) is 1.42. The highest BCUT2D eigenvalue weighted by Crippen LogP contribution is 2.16. The minimum atomic E-state index is -1.12. The van der Waals surface area contributed by atoms with Gasteiger partial charge < -0.3 is 5.11 Å². The van der Waals surface area contributed by atoms with Gasteiger partial charge in [-0.2, -0.15) is 0 Å². The third-order valence-corrected chi connectivity index (χ3v) is 2.05. The minimum absolute atomic E-state index is 0.145. The van der Waals surface area contributed by atoms with Crippen molar-refractivity contribution in [3.8, 4) is 0 Å². The Bertz CT molecular complexity index is 362. The van der Waals surface area contributed by atoms with Crippen LogP contribution < -0.4 is 0 Å². The van der Waals surface area contributed by atoms with Crippen LogP contribution in [-0.4, -0.2) is 26.8 Å². The highest BCUT2D eigenvalue weighted by molar-refractivity contribution is 6.07. The maximum absolute atomic E-state index is 11.8. The second-order valence-electron chi connectivity index (χ2n) is 3.52. The molecule has 15 heavy (non-hydrogen) atoms. The van der Waals surface area contributed by atoms with Gasteiger partial charge in [-0.1, -0.05) is 13.8 Å². The van der Waals surface area contributed by atoms with E-state index < -0.39 is 17.7 Å². The molecule has 0 saturated heterocycles. The fourth-order valence-corrected chi connectivity index (χ4v) is 1.30. The highest BCUT2D eigenvalue weighted by Gasteiger charge is 2.30. The highest BCUT2D eigenvalue weighted by atomic mass is 16.4. The molecule has 0 spiro atoms. The average molecular weight is 208 g/mol.